The lowest BCUT2D eigenvalue weighted by Crippen LogP contribution is -2.42. The van der Waals surface area contributed by atoms with Gasteiger partial charge in [0.05, 0.1) is 26.9 Å². The second-order valence-electron chi connectivity index (χ2n) is 4.97. The van der Waals surface area contributed by atoms with Crippen LogP contribution in [0.25, 0.3) is 0 Å². The van der Waals surface area contributed by atoms with Crippen LogP contribution in [0.5, 0.6) is 0 Å². The van der Waals surface area contributed by atoms with Gasteiger partial charge in [-0.15, -0.1) is 0 Å². The SMILES string of the molecule is COC(=O)C1(C#N)CC(OCC(C)C)OC(OC)=C1C#N. The maximum Gasteiger partial charge on any atom is 0.332 e. The highest BCUT2D eigenvalue weighted by Crippen LogP contribution is 2.41. The van der Waals surface area contributed by atoms with E-state index in [2.05, 4.69) is 4.74 Å². The van der Waals surface area contributed by atoms with E-state index in [1.807, 2.05) is 19.9 Å². The molecule has 1 rings (SSSR count). The number of nitrogens with zero attached hydrogens (tertiary/aromatic N) is 2. The molecule has 0 saturated carbocycles. The molecule has 1 heterocycles. The maximum atomic E-state index is 12.0. The van der Waals surface area contributed by atoms with Gasteiger partial charge >= 0.3 is 5.97 Å². The van der Waals surface area contributed by atoms with E-state index in [1.165, 1.54) is 7.11 Å². The van der Waals surface area contributed by atoms with Crippen LogP contribution < -0.4 is 0 Å². The summed E-state index contributed by atoms with van der Waals surface area (Å²) in [6.07, 6.45) is -0.989. The summed E-state index contributed by atoms with van der Waals surface area (Å²) in [5.74, 6) is -0.780. The molecule has 21 heavy (non-hydrogen) atoms. The molecule has 0 aromatic rings. The van der Waals surface area contributed by atoms with Crippen LogP contribution in [-0.2, 0) is 23.7 Å². The van der Waals surface area contributed by atoms with Crippen molar-refractivity contribution < 1.29 is 23.7 Å². The van der Waals surface area contributed by atoms with Crippen LogP contribution in [0.15, 0.2) is 11.5 Å². The van der Waals surface area contributed by atoms with Crippen molar-refractivity contribution in [2.24, 2.45) is 11.3 Å². The van der Waals surface area contributed by atoms with Crippen LogP contribution in [0.4, 0.5) is 0 Å². The average Bonchev–Trinajstić information content (AvgIpc) is 2.50. The Morgan fingerprint density at radius 3 is 2.57 bits per heavy atom. The largest absolute Gasteiger partial charge is 0.468 e. The molecule has 0 N–H and O–H groups in total. The van der Waals surface area contributed by atoms with Crippen molar-refractivity contribution in [3.8, 4) is 12.1 Å². The molecule has 1 aliphatic heterocycles. The first-order chi connectivity index (χ1) is 9.94. The van der Waals surface area contributed by atoms with Crippen LogP contribution in [0.2, 0.25) is 0 Å². The highest BCUT2D eigenvalue weighted by molar-refractivity contribution is 5.85. The number of ether oxygens (including phenoxy) is 4. The molecule has 2 atom stereocenters. The summed E-state index contributed by atoms with van der Waals surface area (Å²) in [6.45, 7) is 4.29. The van der Waals surface area contributed by atoms with Gasteiger partial charge in [-0.05, 0) is 5.92 Å². The van der Waals surface area contributed by atoms with Crippen LogP contribution in [0.1, 0.15) is 20.3 Å². The number of hydrogen-bond acceptors (Lipinski definition) is 7. The van der Waals surface area contributed by atoms with Crippen molar-refractivity contribution in [1.29, 1.82) is 10.5 Å². The molecule has 0 radical (unpaired) electrons. The molecule has 0 bridgehead atoms. The lowest BCUT2D eigenvalue weighted by molar-refractivity contribution is -0.185. The zero-order valence-corrected chi connectivity index (χ0v) is 12.5. The second-order valence-corrected chi connectivity index (χ2v) is 4.97. The summed E-state index contributed by atoms with van der Waals surface area (Å²) in [6, 6.07) is 3.65. The molecule has 0 aromatic carbocycles. The van der Waals surface area contributed by atoms with Crippen molar-refractivity contribution in [1.82, 2.24) is 0 Å². The van der Waals surface area contributed by atoms with Gasteiger partial charge in [0.25, 0.3) is 5.95 Å². The number of carbonyl (C=O) groups excluding carboxylic acids is 1. The molecule has 0 saturated heterocycles. The van der Waals surface area contributed by atoms with Crippen molar-refractivity contribution in [2.45, 2.75) is 26.6 Å². The molecule has 7 heteroatoms. The molecule has 7 nitrogen and oxygen atoms in total. The molecule has 0 spiro atoms. The van der Waals surface area contributed by atoms with Gasteiger partial charge in [0.1, 0.15) is 11.6 Å². The van der Waals surface area contributed by atoms with E-state index in [-0.39, 0.29) is 23.9 Å². The number of hydrogen-bond donors (Lipinski definition) is 0. The highest BCUT2D eigenvalue weighted by Gasteiger charge is 2.53. The van der Waals surface area contributed by atoms with E-state index in [9.17, 15) is 15.3 Å². The fourth-order valence-electron chi connectivity index (χ4n) is 1.94. The van der Waals surface area contributed by atoms with E-state index >= 15 is 0 Å². The maximum absolute atomic E-state index is 12.0. The molecule has 0 fully saturated rings. The minimum Gasteiger partial charge on any atom is -0.468 e. The van der Waals surface area contributed by atoms with Gasteiger partial charge in [-0.2, -0.15) is 10.5 Å². The standard InChI is InChI=1S/C14H18N2O5/c1-9(2)7-20-11-5-14(8-16,13(17)19-4)10(6-15)12(18-3)21-11/h9,11H,5,7H2,1-4H3. The summed E-state index contributed by atoms with van der Waals surface area (Å²) < 4.78 is 20.6. The summed E-state index contributed by atoms with van der Waals surface area (Å²) in [4.78, 5) is 12.0. The monoisotopic (exact) mass is 294 g/mol. The third-order valence-electron chi connectivity index (χ3n) is 2.98. The van der Waals surface area contributed by atoms with Gasteiger partial charge < -0.3 is 18.9 Å². The quantitative estimate of drug-likeness (QED) is 0.707. The number of methoxy groups -OCH3 is 2. The van der Waals surface area contributed by atoms with E-state index in [4.69, 9.17) is 14.2 Å². The van der Waals surface area contributed by atoms with Crippen LogP contribution in [0, 0.1) is 34.0 Å². The van der Waals surface area contributed by atoms with E-state index < -0.39 is 17.7 Å². The fourth-order valence-corrected chi connectivity index (χ4v) is 1.94. The Bertz CT molecular complexity index is 514. The molecular formula is C14H18N2O5. The average molecular weight is 294 g/mol. The van der Waals surface area contributed by atoms with Crippen molar-refractivity contribution in [2.75, 3.05) is 20.8 Å². The molecule has 0 amide bonds. The Kier molecular flexibility index (Phi) is 5.57. The molecule has 1 aliphatic rings. The first kappa shape index (κ1) is 16.8. The summed E-state index contributed by atoms with van der Waals surface area (Å²) in [5.41, 5.74) is -1.99. The van der Waals surface area contributed by atoms with Gasteiger partial charge in [-0.25, -0.2) is 4.79 Å². The van der Waals surface area contributed by atoms with Gasteiger partial charge in [-0.3, -0.25) is 0 Å². The number of carbonyl (C=O) groups is 1. The Balaban J connectivity index is 3.22. The predicted octanol–water partition coefficient (Wildman–Crippen LogP) is 1.47. The predicted molar refractivity (Wildman–Crippen MR) is 70.0 cm³/mol. The van der Waals surface area contributed by atoms with Gasteiger partial charge in [0.15, 0.2) is 0 Å². The van der Waals surface area contributed by atoms with Crippen LogP contribution in [-0.4, -0.2) is 33.1 Å². The first-order valence-electron chi connectivity index (χ1n) is 6.42. The number of rotatable bonds is 5. The zero-order valence-electron chi connectivity index (χ0n) is 12.5. The van der Waals surface area contributed by atoms with E-state index in [1.54, 1.807) is 6.07 Å². The smallest absolute Gasteiger partial charge is 0.332 e. The number of nitriles is 2. The molecule has 0 aliphatic carbocycles. The lowest BCUT2D eigenvalue weighted by Gasteiger charge is -2.33. The van der Waals surface area contributed by atoms with Crippen LogP contribution >= 0.6 is 0 Å². The van der Waals surface area contributed by atoms with Crippen molar-refractivity contribution >= 4 is 5.97 Å². The fraction of sp³-hybridized carbons (Fsp3) is 0.643. The second kappa shape index (κ2) is 6.96. The minimum atomic E-state index is -1.78. The van der Waals surface area contributed by atoms with E-state index in [0.29, 0.717) is 6.61 Å². The normalized spacial score (nSPS) is 24.8. The van der Waals surface area contributed by atoms with Crippen molar-refractivity contribution in [3.05, 3.63) is 11.5 Å². The Hall–Kier alpha value is -2.25. The Morgan fingerprint density at radius 2 is 2.14 bits per heavy atom. The van der Waals surface area contributed by atoms with E-state index in [0.717, 1.165) is 7.11 Å². The first-order valence-corrected chi connectivity index (χ1v) is 6.42. The van der Waals surface area contributed by atoms with Crippen LogP contribution in [0.3, 0.4) is 0 Å². The summed E-state index contributed by atoms with van der Waals surface area (Å²) in [5, 5.41) is 18.7. The molecule has 114 valence electrons. The zero-order chi connectivity index (χ0) is 16.0. The summed E-state index contributed by atoms with van der Waals surface area (Å²) in [7, 11) is 2.44. The summed E-state index contributed by atoms with van der Waals surface area (Å²) >= 11 is 0. The van der Waals surface area contributed by atoms with Gasteiger partial charge in [-0.1, -0.05) is 13.8 Å². The lowest BCUT2D eigenvalue weighted by atomic mass is 9.77. The minimum absolute atomic E-state index is 0.126. The van der Waals surface area contributed by atoms with Gasteiger partial charge in [0, 0.05) is 6.42 Å². The molecule has 0 aromatic heterocycles. The molecule has 2 unspecified atom stereocenters. The third-order valence-corrected chi connectivity index (χ3v) is 2.98. The third kappa shape index (κ3) is 3.26. The Labute approximate surface area is 123 Å². The topological polar surface area (TPSA) is 102 Å². The van der Waals surface area contributed by atoms with Gasteiger partial charge in [0.2, 0.25) is 11.7 Å². The Morgan fingerprint density at radius 1 is 1.48 bits per heavy atom. The van der Waals surface area contributed by atoms with Crippen molar-refractivity contribution in [3.63, 3.8) is 0 Å². The highest BCUT2D eigenvalue weighted by atomic mass is 16.8. The number of esters is 1. The molecular weight excluding hydrogens is 276 g/mol.